The van der Waals surface area contributed by atoms with Gasteiger partial charge in [-0.3, -0.25) is 10.2 Å². The molecular formula is C20H19ClFN3O3. The van der Waals surface area contributed by atoms with Gasteiger partial charge in [-0.15, -0.1) is 5.06 Å². The van der Waals surface area contributed by atoms with Crippen molar-refractivity contribution < 1.29 is 18.8 Å². The lowest BCUT2D eigenvalue weighted by molar-refractivity contribution is -0.0726. The molecule has 0 saturated carbocycles. The molecule has 0 aromatic heterocycles. The van der Waals surface area contributed by atoms with Crippen LogP contribution in [0.4, 0.5) is 9.18 Å². The van der Waals surface area contributed by atoms with Gasteiger partial charge in [-0.2, -0.15) is 0 Å². The van der Waals surface area contributed by atoms with Crippen molar-refractivity contribution in [3.8, 4) is 0 Å². The minimum Gasteiger partial charge on any atom is -0.379 e. The van der Waals surface area contributed by atoms with Crippen LogP contribution in [0.25, 0.3) is 0 Å². The Morgan fingerprint density at radius 2 is 1.93 bits per heavy atom. The third kappa shape index (κ3) is 3.34. The average Bonchev–Trinajstić information content (AvgIpc) is 2.99. The molecule has 8 heteroatoms. The molecule has 0 spiro atoms. The van der Waals surface area contributed by atoms with Gasteiger partial charge in [0.05, 0.1) is 5.57 Å². The molecule has 0 radical (unpaired) electrons. The van der Waals surface area contributed by atoms with Gasteiger partial charge in [0, 0.05) is 16.1 Å². The van der Waals surface area contributed by atoms with E-state index in [0.29, 0.717) is 5.56 Å². The summed E-state index contributed by atoms with van der Waals surface area (Å²) in [6, 6.07) is 7.54. The molecule has 1 aliphatic heterocycles. The molecule has 2 amide bonds. The minimum absolute atomic E-state index is 0.0433. The number of ketones is 1. The predicted octanol–water partition coefficient (Wildman–Crippen LogP) is 4.12. The van der Waals surface area contributed by atoms with Crippen molar-refractivity contribution in [3.05, 3.63) is 80.8 Å². The second-order valence-electron chi connectivity index (χ2n) is 6.52. The number of carbonyl (C=O) groups excluding carboxylic acids is 2. The number of Topliss-reactive ketones (excluding diaryl/α,β-unsaturated/α-hetero) is 1. The molecule has 1 heterocycles. The highest BCUT2D eigenvalue weighted by Gasteiger charge is 2.44. The number of hydrogen-bond donors (Lipinski definition) is 2. The number of hydrogen-bond acceptors (Lipinski definition) is 4. The number of aryl methyl sites for hydroxylation is 2. The summed E-state index contributed by atoms with van der Waals surface area (Å²) in [4.78, 5) is 31.1. The summed E-state index contributed by atoms with van der Waals surface area (Å²) in [5, 5.41) is 0.877. The van der Waals surface area contributed by atoms with Crippen LogP contribution in [-0.2, 0) is 4.84 Å². The summed E-state index contributed by atoms with van der Waals surface area (Å²) in [5.41, 5.74) is 4.09. The third-order valence-corrected chi connectivity index (χ3v) is 4.93. The van der Waals surface area contributed by atoms with E-state index < -0.39 is 17.9 Å². The molecule has 0 saturated heterocycles. The first-order valence-electron chi connectivity index (χ1n) is 8.50. The Morgan fingerprint density at radius 1 is 1.21 bits per heavy atom. The molecule has 3 rings (SSSR count). The molecule has 1 aliphatic rings. The number of carbonyl (C=O) groups is 2. The highest BCUT2D eigenvalue weighted by molar-refractivity contribution is 6.31. The molecule has 28 heavy (non-hydrogen) atoms. The van der Waals surface area contributed by atoms with Gasteiger partial charge >= 0.3 is 6.03 Å². The monoisotopic (exact) mass is 403 g/mol. The highest BCUT2D eigenvalue weighted by atomic mass is 35.5. The van der Waals surface area contributed by atoms with Crippen LogP contribution in [0.5, 0.6) is 0 Å². The van der Waals surface area contributed by atoms with Gasteiger partial charge in [0.2, 0.25) is 0 Å². The van der Waals surface area contributed by atoms with Crippen molar-refractivity contribution in [1.82, 2.24) is 10.5 Å². The number of nitrogens with zero attached hydrogens (tertiary/aromatic N) is 1. The summed E-state index contributed by atoms with van der Waals surface area (Å²) in [7, 11) is 0. The van der Waals surface area contributed by atoms with Crippen molar-refractivity contribution in [2.75, 3.05) is 0 Å². The van der Waals surface area contributed by atoms with Crippen molar-refractivity contribution in [1.29, 1.82) is 0 Å². The maximum Gasteiger partial charge on any atom is 0.365 e. The summed E-state index contributed by atoms with van der Waals surface area (Å²) >= 11 is 6.22. The number of nitrogens with two attached hydrogens (primary N) is 1. The molecule has 0 fully saturated rings. The van der Waals surface area contributed by atoms with Crippen molar-refractivity contribution in [3.63, 3.8) is 0 Å². The first-order chi connectivity index (χ1) is 13.3. The fraction of sp³-hybridized carbons (Fsp3) is 0.200. The van der Waals surface area contributed by atoms with E-state index in [1.54, 1.807) is 13.0 Å². The molecule has 6 nitrogen and oxygen atoms in total. The average molecular weight is 404 g/mol. The van der Waals surface area contributed by atoms with Crippen LogP contribution in [0.1, 0.15) is 40.0 Å². The van der Waals surface area contributed by atoms with E-state index in [9.17, 15) is 14.0 Å². The normalized spacial score (nSPS) is 16.2. The van der Waals surface area contributed by atoms with Crippen LogP contribution in [-0.4, -0.2) is 16.9 Å². The fourth-order valence-electron chi connectivity index (χ4n) is 3.22. The first-order valence-corrected chi connectivity index (χ1v) is 8.88. The molecular weight excluding hydrogens is 385 g/mol. The largest absolute Gasteiger partial charge is 0.379 e. The van der Waals surface area contributed by atoms with Crippen molar-refractivity contribution >= 4 is 23.4 Å². The number of benzene rings is 2. The molecule has 0 bridgehead atoms. The second-order valence-corrected chi connectivity index (χ2v) is 6.93. The van der Waals surface area contributed by atoms with Gasteiger partial charge in [0.15, 0.2) is 5.78 Å². The quantitative estimate of drug-likeness (QED) is 0.349. The van der Waals surface area contributed by atoms with Crippen LogP contribution in [0.15, 0.2) is 47.7 Å². The van der Waals surface area contributed by atoms with Crippen LogP contribution in [0.2, 0.25) is 5.02 Å². The second kappa shape index (κ2) is 7.61. The lowest BCUT2D eigenvalue weighted by atomic mass is 9.89. The SMILES string of the molecule is CC1=C(C(=O)c2cc(C)ccc2C)C(c2c(F)cccc2Cl)N(C(=O)NN)O1. The van der Waals surface area contributed by atoms with Gasteiger partial charge in [-0.05, 0) is 44.5 Å². The van der Waals surface area contributed by atoms with Gasteiger partial charge < -0.3 is 4.84 Å². The Labute approximate surface area is 166 Å². The Balaban J connectivity index is 2.20. The molecule has 3 N–H and O–H groups in total. The Morgan fingerprint density at radius 3 is 2.57 bits per heavy atom. The summed E-state index contributed by atoms with van der Waals surface area (Å²) in [5.74, 6) is 4.36. The number of hydrazine groups is 1. The van der Waals surface area contributed by atoms with E-state index in [1.807, 2.05) is 24.5 Å². The van der Waals surface area contributed by atoms with E-state index in [4.69, 9.17) is 22.3 Å². The van der Waals surface area contributed by atoms with E-state index in [0.717, 1.165) is 16.2 Å². The number of urea groups is 1. The Kier molecular flexibility index (Phi) is 5.40. The molecule has 2 aromatic rings. The van der Waals surface area contributed by atoms with E-state index in [1.165, 1.54) is 25.1 Å². The predicted molar refractivity (Wildman–Crippen MR) is 103 cm³/mol. The molecule has 2 aromatic carbocycles. The Bertz CT molecular complexity index is 986. The number of amides is 2. The standard InChI is InChI=1S/C20H19ClFN3O3/c1-10-7-8-11(2)13(9-10)19(26)16-12(3)28-25(20(27)24-23)18(16)17-14(21)5-4-6-15(17)22/h4-9,18H,23H2,1-3H3,(H,24,27). The van der Waals surface area contributed by atoms with E-state index in [-0.39, 0.29) is 27.7 Å². The first kappa shape index (κ1) is 19.9. The summed E-state index contributed by atoms with van der Waals surface area (Å²) in [6.45, 7) is 5.19. The smallest absolute Gasteiger partial charge is 0.365 e. The molecule has 1 unspecified atom stereocenters. The fourth-order valence-corrected chi connectivity index (χ4v) is 3.49. The van der Waals surface area contributed by atoms with Crippen molar-refractivity contribution in [2.45, 2.75) is 26.8 Å². The van der Waals surface area contributed by atoms with Crippen LogP contribution < -0.4 is 11.3 Å². The zero-order chi connectivity index (χ0) is 20.6. The zero-order valence-corrected chi connectivity index (χ0v) is 16.3. The maximum atomic E-state index is 14.7. The third-order valence-electron chi connectivity index (χ3n) is 4.60. The maximum absolute atomic E-state index is 14.7. The van der Waals surface area contributed by atoms with Crippen LogP contribution >= 0.6 is 11.6 Å². The number of nitrogens with one attached hydrogen (secondary N) is 1. The van der Waals surface area contributed by atoms with Gasteiger partial charge in [-0.1, -0.05) is 35.4 Å². The number of halogens is 2. The lowest BCUT2D eigenvalue weighted by Crippen LogP contribution is -2.43. The summed E-state index contributed by atoms with van der Waals surface area (Å²) < 4.78 is 14.7. The van der Waals surface area contributed by atoms with Gasteiger partial charge in [-0.25, -0.2) is 15.0 Å². The van der Waals surface area contributed by atoms with E-state index in [2.05, 4.69) is 0 Å². The number of rotatable bonds is 3. The lowest BCUT2D eigenvalue weighted by Gasteiger charge is -2.25. The number of hydroxylamine groups is 2. The Hall–Kier alpha value is -2.90. The molecule has 0 aliphatic carbocycles. The van der Waals surface area contributed by atoms with Crippen molar-refractivity contribution in [2.24, 2.45) is 5.84 Å². The molecule has 146 valence electrons. The zero-order valence-electron chi connectivity index (χ0n) is 15.5. The minimum atomic E-state index is -1.19. The van der Waals surface area contributed by atoms with Crippen LogP contribution in [0, 0.1) is 19.7 Å². The van der Waals surface area contributed by atoms with E-state index >= 15 is 0 Å². The number of allylic oxidation sites excluding steroid dienone is 1. The van der Waals surface area contributed by atoms with Gasteiger partial charge in [0.25, 0.3) is 0 Å². The van der Waals surface area contributed by atoms with Crippen LogP contribution in [0.3, 0.4) is 0 Å². The topological polar surface area (TPSA) is 84.7 Å². The highest BCUT2D eigenvalue weighted by Crippen LogP contribution is 2.43. The summed E-state index contributed by atoms with van der Waals surface area (Å²) in [6.07, 6.45) is 0. The molecule has 1 atom stereocenters. The van der Waals surface area contributed by atoms with Gasteiger partial charge in [0.1, 0.15) is 17.6 Å².